The van der Waals surface area contributed by atoms with Crippen LogP contribution in [0.25, 0.3) is 0 Å². The molecule has 2 amide bonds. The summed E-state index contributed by atoms with van der Waals surface area (Å²) in [6.07, 6.45) is 1.17. The lowest BCUT2D eigenvalue weighted by atomic mass is 9.90. The summed E-state index contributed by atoms with van der Waals surface area (Å²) in [6, 6.07) is 11.2. The summed E-state index contributed by atoms with van der Waals surface area (Å²) in [5.74, 6) is -0.959. The number of amides is 2. The van der Waals surface area contributed by atoms with Crippen LogP contribution in [0, 0.1) is 0 Å². The Kier molecular flexibility index (Phi) is 2.79. The van der Waals surface area contributed by atoms with E-state index in [0.29, 0.717) is 24.0 Å². The third kappa shape index (κ3) is 1.95. The summed E-state index contributed by atoms with van der Waals surface area (Å²) in [5.41, 5.74) is 15.7. The predicted molar refractivity (Wildman–Crippen MR) is 75.5 cm³/mol. The third-order valence-electron chi connectivity index (χ3n) is 3.72. The summed E-state index contributed by atoms with van der Waals surface area (Å²) >= 11 is 0. The molecule has 0 heterocycles. The van der Waals surface area contributed by atoms with Crippen molar-refractivity contribution < 1.29 is 9.59 Å². The van der Waals surface area contributed by atoms with E-state index in [-0.39, 0.29) is 0 Å². The van der Waals surface area contributed by atoms with Crippen molar-refractivity contribution in [2.45, 2.75) is 12.8 Å². The van der Waals surface area contributed by atoms with Crippen LogP contribution in [0.2, 0.25) is 0 Å². The zero-order valence-electron chi connectivity index (χ0n) is 10.8. The van der Waals surface area contributed by atoms with E-state index >= 15 is 0 Å². The molecule has 0 spiro atoms. The number of hydrogen-bond acceptors (Lipinski definition) is 2. The minimum absolute atomic E-state index is 0.465. The maximum absolute atomic E-state index is 11.6. The van der Waals surface area contributed by atoms with Gasteiger partial charge < -0.3 is 11.5 Å². The Morgan fingerprint density at radius 3 is 1.65 bits per heavy atom. The smallest absolute Gasteiger partial charge is 0.248 e. The first kappa shape index (κ1) is 12.4. The molecule has 4 N–H and O–H groups in total. The second kappa shape index (κ2) is 4.49. The molecule has 0 aliphatic heterocycles. The van der Waals surface area contributed by atoms with Gasteiger partial charge in [0.25, 0.3) is 0 Å². The maximum Gasteiger partial charge on any atom is 0.248 e. The number of hydrogen-bond donors (Lipinski definition) is 2. The largest absolute Gasteiger partial charge is 0.366 e. The third-order valence-corrected chi connectivity index (χ3v) is 3.72. The molecule has 0 saturated heterocycles. The highest BCUT2D eigenvalue weighted by Gasteiger charge is 2.21. The van der Waals surface area contributed by atoms with Crippen molar-refractivity contribution in [3.63, 3.8) is 0 Å². The molecule has 1 aliphatic carbocycles. The zero-order valence-corrected chi connectivity index (χ0v) is 10.8. The van der Waals surface area contributed by atoms with Crippen molar-refractivity contribution in [2.75, 3.05) is 0 Å². The fraction of sp³-hybridized carbons (Fsp3) is 0.125. The van der Waals surface area contributed by atoms with Crippen LogP contribution in [-0.4, -0.2) is 11.8 Å². The molecule has 3 rings (SSSR count). The molecule has 1 aliphatic rings. The molecular formula is C16H14N2O2. The van der Waals surface area contributed by atoms with E-state index in [1.165, 1.54) is 0 Å². The average Bonchev–Trinajstić information content (AvgIpc) is 2.52. The average molecular weight is 266 g/mol. The van der Waals surface area contributed by atoms with Crippen LogP contribution in [0.1, 0.15) is 43.0 Å². The molecule has 20 heavy (non-hydrogen) atoms. The summed E-state index contributed by atoms with van der Waals surface area (Å²) in [4.78, 5) is 23.2. The van der Waals surface area contributed by atoms with Crippen molar-refractivity contribution in [3.8, 4) is 0 Å². The number of carbonyl (C=O) groups excluding carboxylic acids is 2. The summed E-state index contributed by atoms with van der Waals surface area (Å²) in [5, 5.41) is 0. The number of primary amides is 2. The maximum atomic E-state index is 11.6. The van der Waals surface area contributed by atoms with E-state index in [9.17, 15) is 9.59 Å². The number of nitrogens with two attached hydrogens (primary N) is 2. The van der Waals surface area contributed by atoms with Crippen LogP contribution in [0.15, 0.2) is 36.4 Å². The van der Waals surface area contributed by atoms with E-state index in [1.807, 2.05) is 18.2 Å². The Morgan fingerprint density at radius 1 is 0.800 bits per heavy atom. The van der Waals surface area contributed by atoms with Gasteiger partial charge in [0.1, 0.15) is 0 Å². The van der Waals surface area contributed by atoms with Crippen LogP contribution in [-0.2, 0) is 12.8 Å². The van der Waals surface area contributed by atoms with Gasteiger partial charge in [0.2, 0.25) is 11.8 Å². The van der Waals surface area contributed by atoms with Gasteiger partial charge in [0, 0.05) is 11.1 Å². The van der Waals surface area contributed by atoms with E-state index in [2.05, 4.69) is 6.07 Å². The van der Waals surface area contributed by atoms with Crippen LogP contribution in [0.5, 0.6) is 0 Å². The fourth-order valence-corrected chi connectivity index (χ4v) is 2.82. The zero-order chi connectivity index (χ0) is 14.3. The van der Waals surface area contributed by atoms with Gasteiger partial charge in [0.15, 0.2) is 0 Å². The Hall–Kier alpha value is -2.62. The molecule has 100 valence electrons. The van der Waals surface area contributed by atoms with Crippen molar-refractivity contribution in [1.29, 1.82) is 0 Å². The van der Waals surface area contributed by atoms with Gasteiger partial charge in [-0.3, -0.25) is 9.59 Å². The normalized spacial score (nSPS) is 12.4. The number of fused-ring (bicyclic) bond motifs is 3. The molecule has 0 aromatic heterocycles. The van der Waals surface area contributed by atoms with Crippen molar-refractivity contribution in [2.24, 2.45) is 11.5 Å². The number of rotatable bonds is 2. The minimum Gasteiger partial charge on any atom is -0.366 e. The fourth-order valence-electron chi connectivity index (χ4n) is 2.82. The van der Waals surface area contributed by atoms with Gasteiger partial charge in [-0.15, -0.1) is 0 Å². The second-order valence-corrected chi connectivity index (χ2v) is 5.02. The van der Waals surface area contributed by atoms with Gasteiger partial charge in [-0.05, 0) is 47.2 Å². The van der Waals surface area contributed by atoms with Crippen molar-refractivity contribution in [1.82, 2.24) is 0 Å². The van der Waals surface area contributed by atoms with Crippen LogP contribution < -0.4 is 11.5 Å². The van der Waals surface area contributed by atoms with Crippen molar-refractivity contribution >= 4 is 11.8 Å². The van der Waals surface area contributed by atoms with E-state index < -0.39 is 11.8 Å². The lowest BCUT2D eigenvalue weighted by Crippen LogP contribution is -2.20. The summed E-state index contributed by atoms with van der Waals surface area (Å²) in [7, 11) is 0. The van der Waals surface area contributed by atoms with E-state index in [1.54, 1.807) is 12.1 Å². The minimum atomic E-state index is -0.479. The molecule has 4 heteroatoms. The van der Waals surface area contributed by atoms with Gasteiger partial charge in [-0.2, -0.15) is 0 Å². The molecule has 2 aromatic rings. The SMILES string of the molecule is NC(=O)c1ccc(C(N)=O)c2c1Cc1cccc(c1)C2. The molecular weight excluding hydrogens is 252 g/mol. The Morgan fingerprint density at radius 2 is 1.25 bits per heavy atom. The van der Waals surface area contributed by atoms with Crippen molar-refractivity contribution in [3.05, 3.63) is 69.8 Å². The van der Waals surface area contributed by atoms with Gasteiger partial charge >= 0.3 is 0 Å². The molecule has 2 bridgehead atoms. The van der Waals surface area contributed by atoms with Crippen LogP contribution in [0.3, 0.4) is 0 Å². The first-order chi connectivity index (χ1) is 9.56. The highest BCUT2D eigenvalue weighted by atomic mass is 16.1. The lowest BCUT2D eigenvalue weighted by Gasteiger charge is -2.14. The van der Waals surface area contributed by atoms with Gasteiger partial charge in [-0.1, -0.05) is 24.3 Å². The number of benzene rings is 2. The first-order valence-corrected chi connectivity index (χ1v) is 6.38. The highest BCUT2D eigenvalue weighted by molar-refractivity contribution is 5.99. The molecule has 4 nitrogen and oxygen atoms in total. The lowest BCUT2D eigenvalue weighted by molar-refractivity contribution is 0.0987. The Balaban J connectivity index is 2.29. The summed E-state index contributed by atoms with van der Waals surface area (Å²) < 4.78 is 0. The predicted octanol–water partition coefficient (Wildman–Crippen LogP) is 1.38. The molecule has 0 radical (unpaired) electrons. The van der Waals surface area contributed by atoms with E-state index in [0.717, 1.165) is 22.3 Å². The molecule has 2 aromatic carbocycles. The quantitative estimate of drug-likeness (QED) is 0.734. The van der Waals surface area contributed by atoms with E-state index in [4.69, 9.17) is 11.5 Å². The summed E-state index contributed by atoms with van der Waals surface area (Å²) in [6.45, 7) is 0. The highest BCUT2D eigenvalue weighted by Crippen LogP contribution is 2.28. The Labute approximate surface area is 116 Å². The first-order valence-electron chi connectivity index (χ1n) is 6.38. The number of carbonyl (C=O) groups is 2. The monoisotopic (exact) mass is 266 g/mol. The molecule has 0 atom stereocenters. The van der Waals surface area contributed by atoms with Crippen LogP contribution in [0.4, 0.5) is 0 Å². The molecule has 0 unspecified atom stereocenters. The standard InChI is InChI=1S/C16H14N2O2/c17-15(19)11-4-5-12(16(18)20)14-8-10-3-1-2-9(6-10)7-13(11)14/h1-6H,7-8H2,(H2,17,19)(H2,18,20). The topological polar surface area (TPSA) is 86.2 Å². The molecule has 0 saturated carbocycles. The van der Waals surface area contributed by atoms with Gasteiger partial charge in [0.05, 0.1) is 0 Å². The van der Waals surface area contributed by atoms with Crippen LogP contribution >= 0.6 is 0 Å². The molecule has 0 fully saturated rings. The second-order valence-electron chi connectivity index (χ2n) is 5.02. The Bertz CT molecular complexity index is 677. The van der Waals surface area contributed by atoms with Gasteiger partial charge in [-0.25, -0.2) is 0 Å².